The van der Waals surface area contributed by atoms with Gasteiger partial charge in [-0.2, -0.15) is 5.10 Å². The van der Waals surface area contributed by atoms with Crippen molar-refractivity contribution < 1.29 is 4.79 Å². The number of hydrogen-bond acceptors (Lipinski definition) is 4. The molecule has 0 spiro atoms. The molecular weight excluding hydrogens is 266 g/mol. The number of nitrogen functional groups attached to an aromatic ring is 1. The summed E-state index contributed by atoms with van der Waals surface area (Å²) < 4.78 is 1.79. The largest absolute Gasteiger partial charge is 0.397 e. The number of aromatic nitrogens is 2. The number of carbonyl (C=O) groups excluding carboxylic acids is 1. The monoisotopic (exact) mass is 287 g/mol. The molecule has 1 aromatic heterocycles. The van der Waals surface area contributed by atoms with E-state index in [0.29, 0.717) is 17.8 Å². The summed E-state index contributed by atoms with van der Waals surface area (Å²) in [6.45, 7) is 2.57. The zero-order chi connectivity index (χ0) is 15.4. The number of amides is 1. The molecule has 0 bridgehead atoms. The minimum atomic E-state index is -0.133. The number of carbonyl (C=O) groups is 1. The number of nitrogens with zero attached hydrogens (tertiary/aromatic N) is 3. The smallest absolute Gasteiger partial charge is 0.251 e. The van der Waals surface area contributed by atoms with Crippen LogP contribution < -0.4 is 16.0 Å². The van der Waals surface area contributed by atoms with Crippen LogP contribution in [0.15, 0.2) is 36.7 Å². The molecule has 0 fully saturated rings. The van der Waals surface area contributed by atoms with Crippen molar-refractivity contribution in [3.63, 3.8) is 0 Å². The van der Waals surface area contributed by atoms with E-state index in [9.17, 15) is 4.79 Å². The van der Waals surface area contributed by atoms with Crippen LogP contribution in [0.5, 0.6) is 0 Å². The fourth-order valence-corrected chi connectivity index (χ4v) is 2.14. The number of benzene rings is 1. The van der Waals surface area contributed by atoms with Crippen LogP contribution in [-0.4, -0.2) is 35.8 Å². The minimum absolute atomic E-state index is 0.0212. The molecule has 0 aliphatic rings. The van der Waals surface area contributed by atoms with Gasteiger partial charge in [0, 0.05) is 38.1 Å². The minimum Gasteiger partial charge on any atom is -0.397 e. The van der Waals surface area contributed by atoms with Crippen molar-refractivity contribution >= 4 is 17.3 Å². The van der Waals surface area contributed by atoms with Crippen LogP contribution in [0.3, 0.4) is 0 Å². The van der Waals surface area contributed by atoms with Crippen molar-refractivity contribution in [2.45, 2.75) is 19.5 Å². The van der Waals surface area contributed by atoms with Crippen molar-refractivity contribution in [2.75, 3.05) is 24.7 Å². The Morgan fingerprint density at radius 3 is 2.81 bits per heavy atom. The van der Waals surface area contributed by atoms with E-state index in [0.717, 1.165) is 5.69 Å². The summed E-state index contributed by atoms with van der Waals surface area (Å²) in [6.07, 6.45) is 3.59. The molecule has 2 rings (SSSR count). The lowest BCUT2D eigenvalue weighted by Crippen LogP contribution is -2.35. The predicted octanol–water partition coefficient (Wildman–Crippen LogP) is 1.35. The molecule has 112 valence electrons. The highest BCUT2D eigenvalue weighted by Crippen LogP contribution is 2.22. The average Bonchev–Trinajstić information content (AvgIpc) is 2.90. The fourth-order valence-electron chi connectivity index (χ4n) is 2.14. The molecule has 2 aromatic rings. The van der Waals surface area contributed by atoms with E-state index >= 15 is 0 Å². The summed E-state index contributed by atoms with van der Waals surface area (Å²) in [7, 11) is 3.83. The van der Waals surface area contributed by atoms with Crippen molar-refractivity contribution in [3.8, 4) is 0 Å². The maximum absolute atomic E-state index is 12.2. The first-order valence-corrected chi connectivity index (χ1v) is 6.82. The molecule has 1 amide bonds. The average molecular weight is 287 g/mol. The van der Waals surface area contributed by atoms with Gasteiger partial charge >= 0.3 is 0 Å². The summed E-state index contributed by atoms with van der Waals surface area (Å²) in [6, 6.07) is 7.16. The highest BCUT2D eigenvalue weighted by atomic mass is 16.1. The van der Waals surface area contributed by atoms with Crippen molar-refractivity contribution in [2.24, 2.45) is 0 Å². The molecule has 21 heavy (non-hydrogen) atoms. The Balaban J connectivity index is 2.01. The van der Waals surface area contributed by atoms with Crippen LogP contribution >= 0.6 is 0 Å². The summed E-state index contributed by atoms with van der Waals surface area (Å²) in [4.78, 5) is 14.1. The summed E-state index contributed by atoms with van der Waals surface area (Å²) >= 11 is 0. The van der Waals surface area contributed by atoms with E-state index in [1.54, 1.807) is 23.0 Å². The summed E-state index contributed by atoms with van der Waals surface area (Å²) in [5.74, 6) is -0.133. The number of rotatable bonds is 5. The standard InChI is InChI=1S/C15H21N5O/c1-11(10-20-8-4-7-17-20)18-15(21)12-5-6-14(19(2)3)13(16)9-12/h4-9,11H,10,16H2,1-3H3,(H,18,21). The van der Waals surface area contributed by atoms with Crippen LogP contribution in [0.1, 0.15) is 17.3 Å². The molecule has 0 saturated carbocycles. The molecule has 6 heteroatoms. The molecule has 0 saturated heterocycles. The van der Waals surface area contributed by atoms with Crippen LogP contribution in [-0.2, 0) is 6.54 Å². The lowest BCUT2D eigenvalue weighted by Gasteiger charge is -2.17. The lowest BCUT2D eigenvalue weighted by molar-refractivity contribution is 0.0936. The molecule has 0 aliphatic heterocycles. The van der Waals surface area contributed by atoms with Gasteiger partial charge in [-0.05, 0) is 31.2 Å². The van der Waals surface area contributed by atoms with Crippen LogP contribution in [0.2, 0.25) is 0 Å². The van der Waals surface area contributed by atoms with Gasteiger partial charge in [0.1, 0.15) is 0 Å². The Hall–Kier alpha value is -2.50. The van der Waals surface area contributed by atoms with Gasteiger partial charge in [-0.3, -0.25) is 9.48 Å². The van der Waals surface area contributed by atoms with Gasteiger partial charge in [0.05, 0.1) is 17.9 Å². The molecule has 3 N–H and O–H groups in total. The topological polar surface area (TPSA) is 76.2 Å². The predicted molar refractivity (Wildman–Crippen MR) is 84.3 cm³/mol. The molecule has 1 aromatic carbocycles. The third kappa shape index (κ3) is 3.75. The second kappa shape index (κ2) is 6.30. The van der Waals surface area contributed by atoms with Crippen molar-refractivity contribution in [1.29, 1.82) is 0 Å². The zero-order valence-electron chi connectivity index (χ0n) is 12.6. The molecule has 0 radical (unpaired) electrons. The third-order valence-corrected chi connectivity index (χ3v) is 3.17. The number of nitrogens with one attached hydrogen (secondary N) is 1. The van der Waals surface area contributed by atoms with Crippen LogP contribution in [0.25, 0.3) is 0 Å². The zero-order valence-corrected chi connectivity index (χ0v) is 12.6. The Kier molecular flexibility index (Phi) is 4.47. The van der Waals surface area contributed by atoms with Gasteiger partial charge in [0.2, 0.25) is 0 Å². The maximum Gasteiger partial charge on any atom is 0.251 e. The molecule has 0 aliphatic carbocycles. The first-order valence-electron chi connectivity index (χ1n) is 6.82. The van der Waals surface area contributed by atoms with Crippen molar-refractivity contribution in [3.05, 3.63) is 42.2 Å². The fraction of sp³-hybridized carbons (Fsp3) is 0.333. The third-order valence-electron chi connectivity index (χ3n) is 3.17. The van der Waals surface area contributed by atoms with E-state index in [1.165, 1.54) is 0 Å². The van der Waals surface area contributed by atoms with E-state index in [-0.39, 0.29) is 11.9 Å². The Morgan fingerprint density at radius 2 is 2.24 bits per heavy atom. The molecule has 1 unspecified atom stereocenters. The molecule has 6 nitrogen and oxygen atoms in total. The van der Waals surface area contributed by atoms with Gasteiger partial charge in [-0.25, -0.2) is 0 Å². The van der Waals surface area contributed by atoms with Gasteiger partial charge < -0.3 is 16.0 Å². The van der Waals surface area contributed by atoms with Crippen LogP contribution in [0.4, 0.5) is 11.4 Å². The normalized spacial score (nSPS) is 12.0. The quantitative estimate of drug-likeness (QED) is 0.814. The van der Waals surface area contributed by atoms with E-state index in [1.807, 2.05) is 44.2 Å². The highest BCUT2D eigenvalue weighted by Gasteiger charge is 2.12. The first kappa shape index (κ1) is 14.9. The number of nitrogens with two attached hydrogens (primary N) is 1. The molecule has 1 heterocycles. The van der Waals surface area contributed by atoms with Crippen molar-refractivity contribution in [1.82, 2.24) is 15.1 Å². The lowest BCUT2D eigenvalue weighted by atomic mass is 10.1. The summed E-state index contributed by atoms with van der Waals surface area (Å²) in [5.41, 5.74) is 8.01. The second-order valence-corrected chi connectivity index (χ2v) is 5.27. The van der Waals surface area contributed by atoms with Gasteiger partial charge in [0.25, 0.3) is 5.91 Å². The number of hydrogen-bond donors (Lipinski definition) is 2. The van der Waals surface area contributed by atoms with E-state index in [4.69, 9.17) is 5.73 Å². The van der Waals surface area contributed by atoms with E-state index in [2.05, 4.69) is 10.4 Å². The SMILES string of the molecule is CC(Cn1cccn1)NC(=O)c1ccc(N(C)C)c(N)c1. The van der Waals surface area contributed by atoms with Gasteiger partial charge in [-0.1, -0.05) is 0 Å². The maximum atomic E-state index is 12.2. The van der Waals surface area contributed by atoms with Gasteiger partial charge in [-0.15, -0.1) is 0 Å². The Labute approximate surface area is 124 Å². The molecule has 1 atom stereocenters. The highest BCUT2D eigenvalue weighted by molar-refractivity contribution is 5.96. The second-order valence-electron chi connectivity index (χ2n) is 5.27. The summed E-state index contributed by atoms with van der Waals surface area (Å²) in [5, 5.41) is 7.06. The van der Waals surface area contributed by atoms with E-state index < -0.39 is 0 Å². The van der Waals surface area contributed by atoms with Crippen LogP contribution in [0, 0.1) is 0 Å². The number of anilines is 2. The van der Waals surface area contributed by atoms with Gasteiger partial charge in [0.15, 0.2) is 0 Å². The first-order chi connectivity index (χ1) is 9.97. The molecular formula is C15H21N5O. The Morgan fingerprint density at radius 1 is 1.48 bits per heavy atom. The Bertz CT molecular complexity index is 607.